The molecular weight excluding hydrogens is 360 g/mol. The monoisotopic (exact) mass is 378 g/mol. The normalized spacial score (nSPS) is 14.8. The summed E-state index contributed by atoms with van der Waals surface area (Å²) in [5, 5.41) is 0. The largest absolute Gasteiger partial charge is 0.454 e. The first-order valence-corrected chi connectivity index (χ1v) is 10.6. The molecule has 1 aliphatic rings. The van der Waals surface area contributed by atoms with Crippen LogP contribution in [0, 0.1) is 13.8 Å². The molecule has 0 N–H and O–H groups in total. The van der Waals surface area contributed by atoms with Gasteiger partial charge in [-0.2, -0.15) is 0 Å². The molecule has 0 spiro atoms. The van der Waals surface area contributed by atoms with Crippen molar-refractivity contribution >= 4 is 46.6 Å². The third-order valence-electron chi connectivity index (χ3n) is 3.72. The number of rotatable bonds is 5. The fourth-order valence-electron chi connectivity index (χ4n) is 2.53. The zero-order valence-electron chi connectivity index (χ0n) is 13.5. The molecule has 1 fully saturated rings. The number of benzene rings is 1. The molecule has 126 valence electrons. The highest BCUT2D eigenvalue weighted by Crippen LogP contribution is 2.45. The summed E-state index contributed by atoms with van der Waals surface area (Å²) in [6, 6.07) is 9.35. The lowest BCUT2D eigenvalue weighted by atomic mass is 10.1. The van der Waals surface area contributed by atoms with Crippen molar-refractivity contribution in [3.63, 3.8) is 0 Å². The van der Waals surface area contributed by atoms with Crippen LogP contribution < -0.4 is 0 Å². The number of thiophene rings is 1. The second-order valence-electron chi connectivity index (χ2n) is 5.52. The molecule has 0 bridgehead atoms. The lowest BCUT2D eigenvalue weighted by Gasteiger charge is -2.09. The summed E-state index contributed by atoms with van der Waals surface area (Å²) >= 11 is 5.43. The van der Waals surface area contributed by atoms with E-state index in [0.29, 0.717) is 15.7 Å². The third kappa shape index (κ3) is 4.05. The summed E-state index contributed by atoms with van der Waals surface area (Å²) in [5.74, 6) is 1.73. The van der Waals surface area contributed by atoms with E-state index < -0.39 is 5.97 Å². The van der Waals surface area contributed by atoms with Gasteiger partial charge in [0.2, 0.25) is 5.78 Å². The molecule has 2 aromatic rings. The fraction of sp³-hybridized carbons (Fsp3) is 0.333. The van der Waals surface area contributed by atoms with Crippen LogP contribution in [-0.4, -0.2) is 29.9 Å². The SMILES string of the molecule is Cc1cc(C(=O)COC(=O)c2ccc(C3SCCS3)cc2)c(C)s1. The Kier molecular flexibility index (Phi) is 5.69. The summed E-state index contributed by atoms with van der Waals surface area (Å²) < 4.78 is 5.64. The lowest BCUT2D eigenvalue weighted by molar-refractivity contribution is 0.0474. The Labute approximate surface area is 154 Å². The molecule has 6 heteroatoms. The molecule has 1 aliphatic heterocycles. The van der Waals surface area contributed by atoms with Crippen LogP contribution >= 0.6 is 34.9 Å². The van der Waals surface area contributed by atoms with Crippen LogP contribution in [0.2, 0.25) is 0 Å². The van der Waals surface area contributed by atoms with Crippen molar-refractivity contribution in [1.82, 2.24) is 0 Å². The minimum Gasteiger partial charge on any atom is -0.454 e. The third-order valence-corrected chi connectivity index (χ3v) is 7.79. The van der Waals surface area contributed by atoms with Gasteiger partial charge in [-0.3, -0.25) is 4.79 Å². The Bertz CT molecular complexity index is 743. The van der Waals surface area contributed by atoms with Gasteiger partial charge in [0.05, 0.1) is 10.1 Å². The van der Waals surface area contributed by atoms with Gasteiger partial charge < -0.3 is 4.74 Å². The van der Waals surface area contributed by atoms with Crippen molar-refractivity contribution in [3.05, 3.63) is 56.8 Å². The molecule has 1 aromatic carbocycles. The zero-order valence-corrected chi connectivity index (χ0v) is 16.0. The molecule has 1 saturated heterocycles. The van der Waals surface area contributed by atoms with E-state index in [1.165, 1.54) is 17.1 Å². The lowest BCUT2D eigenvalue weighted by Crippen LogP contribution is -2.14. The number of ketones is 1. The van der Waals surface area contributed by atoms with Crippen molar-refractivity contribution in [1.29, 1.82) is 0 Å². The number of hydrogen-bond acceptors (Lipinski definition) is 6. The van der Waals surface area contributed by atoms with E-state index >= 15 is 0 Å². The van der Waals surface area contributed by atoms with Crippen molar-refractivity contribution < 1.29 is 14.3 Å². The van der Waals surface area contributed by atoms with Gasteiger partial charge in [0, 0.05) is 26.8 Å². The van der Waals surface area contributed by atoms with Crippen molar-refractivity contribution in [2.45, 2.75) is 18.4 Å². The van der Waals surface area contributed by atoms with Gasteiger partial charge in [-0.1, -0.05) is 12.1 Å². The van der Waals surface area contributed by atoms with Crippen molar-refractivity contribution in [3.8, 4) is 0 Å². The molecule has 0 radical (unpaired) electrons. The number of ether oxygens (including phenoxy) is 1. The Hall–Kier alpha value is -1.24. The van der Waals surface area contributed by atoms with Crippen LogP contribution in [0.3, 0.4) is 0 Å². The molecule has 2 heterocycles. The topological polar surface area (TPSA) is 43.4 Å². The van der Waals surface area contributed by atoms with Gasteiger partial charge in [0.1, 0.15) is 0 Å². The molecule has 1 aromatic heterocycles. The van der Waals surface area contributed by atoms with Gasteiger partial charge in [-0.05, 0) is 37.6 Å². The molecular formula is C18H18O3S3. The Morgan fingerprint density at radius 3 is 2.38 bits per heavy atom. The maximum absolute atomic E-state index is 12.2. The second kappa shape index (κ2) is 7.76. The van der Waals surface area contributed by atoms with Crippen LogP contribution in [0.1, 0.15) is 40.6 Å². The quantitative estimate of drug-likeness (QED) is 0.548. The van der Waals surface area contributed by atoms with Gasteiger partial charge in [0.25, 0.3) is 0 Å². The van der Waals surface area contributed by atoms with E-state index in [2.05, 4.69) is 0 Å². The number of esters is 1. The first kappa shape index (κ1) is 17.6. The summed E-state index contributed by atoms with van der Waals surface area (Å²) in [6.45, 7) is 3.65. The highest BCUT2D eigenvalue weighted by molar-refractivity contribution is 8.19. The number of aryl methyl sites for hydroxylation is 2. The first-order valence-electron chi connectivity index (χ1n) is 7.65. The molecule has 0 unspecified atom stereocenters. The van der Waals surface area contributed by atoms with Crippen LogP contribution in [0.25, 0.3) is 0 Å². The van der Waals surface area contributed by atoms with Gasteiger partial charge in [-0.15, -0.1) is 34.9 Å². The van der Waals surface area contributed by atoms with Gasteiger partial charge in [0.15, 0.2) is 6.61 Å². The van der Waals surface area contributed by atoms with Crippen molar-refractivity contribution in [2.75, 3.05) is 18.1 Å². The fourth-order valence-corrected chi connectivity index (χ4v) is 6.33. The molecule has 3 rings (SSSR count). The average Bonchev–Trinajstić information content (AvgIpc) is 3.22. The van der Waals surface area contributed by atoms with Crippen molar-refractivity contribution in [2.24, 2.45) is 0 Å². The predicted molar refractivity (Wildman–Crippen MR) is 103 cm³/mol. The number of carbonyl (C=O) groups excluding carboxylic acids is 2. The Balaban J connectivity index is 1.58. The summed E-state index contributed by atoms with van der Waals surface area (Å²) in [4.78, 5) is 26.3. The average molecular weight is 379 g/mol. The van der Waals surface area contributed by atoms with E-state index in [9.17, 15) is 9.59 Å². The molecule has 0 atom stereocenters. The van der Waals surface area contributed by atoms with Crippen LogP contribution in [0.15, 0.2) is 30.3 Å². The van der Waals surface area contributed by atoms with Gasteiger partial charge in [-0.25, -0.2) is 4.79 Å². The Morgan fingerprint density at radius 2 is 1.79 bits per heavy atom. The van der Waals surface area contributed by atoms with E-state index in [1.54, 1.807) is 23.5 Å². The first-order chi connectivity index (χ1) is 11.5. The van der Waals surface area contributed by atoms with Crippen LogP contribution in [0.5, 0.6) is 0 Å². The minimum atomic E-state index is -0.453. The number of carbonyl (C=O) groups is 2. The summed E-state index contributed by atoms with van der Waals surface area (Å²) in [7, 11) is 0. The van der Waals surface area contributed by atoms with Crippen LogP contribution in [0.4, 0.5) is 0 Å². The minimum absolute atomic E-state index is 0.152. The molecule has 0 aliphatic carbocycles. The summed E-state index contributed by atoms with van der Waals surface area (Å²) in [6.07, 6.45) is 0. The predicted octanol–water partition coefficient (Wildman–Crippen LogP) is 4.88. The van der Waals surface area contributed by atoms with Gasteiger partial charge >= 0.3 is 5.97 Å². The standard InChI is InChI=1S/C18H18O3S3/c1-11-9-15(12(2)24-11)16(19)10-21-17(20)13-3-5-14(6-4-13)18-22-7-8-23-18/h3-6,9,18H,7-8,10H2,1-2H3. The Morgan fingerprint density at radius 1 is 1.12 bits per heavy atom. The molecule has 0 amide bonds. The molecule has 0 saturated carbocycles. The van der Waals surface area contributed by atoms with Crippen LogP contribution in [-0.2, 0) is 4.74 Å². The maximum Gasteiger partial charge on any atom is 0.338 e. The number of Topliss-reactive ketones (excluding diaryl/α,β-unsaturated/α-hetero) is 1. The number of thioether (sulfide) groups is 2. The smallest absolute Gasteiger partial charge is 0.338 e. The van der Waals surface area contributed by atoms with E-state index in [4.69, 9.17) is 4.74 Å². The highest BCUT2D eigenvalue weighted by atomic mass is 32.2. The summed E-state index contributed by atoms with van der Waals surface area (Å²) in [5.41, 5.74) is 2.35. The molecule has 24 heavy (non-hydrogen) atoms. The van der Waals surface area contributed by atoms with E-state index in [0.717, 1.165) is 9.75 Å². The zero-order chi connectivity index (χ0) is 17.1. The second-order valence-corrected chi connectivity index (χ2v) is 9.71. The maximum atomic E-state index is 12.2. The molecule has 3 nitrogen and oxygen atoms in total. The number of hydrogen-bond donors (Lipinski definition) is 0. The highest BCUT2D eigenvalue weighted by Gasteiger charge is 2.19. The van der Waals surface area contributed by atoms with E-state index in [-0.39, 0.29) is 12.4 Å². The van der Waals surface area contributed by atoms with E-state index in [1.807, 2.05) is 55.6 Å².